The number of thioether (sulfide) groups is 1. The van der Waals surface area contributed by atoms with Crippen LogP contribution in [0.4, 0.5) is 9.59 Å². The lowest BCUT2D eigenvalue weighted by atomic mass is 9.82. The van der Waals surface area contributed by atoms with Crippen LogP contribution in [0.3, 0.4) is 0 Å². The van der Waals surface area contributed by atoms with Gasteiger partial charge < -0.3 is 30.5 Å². The van der Waals surface area contributed by atoms with Crippen LogP contribution in [0, 0.1) is 5.92 Å². The highest BCUT2D eigenvalue weighted by molar-refractivity contribution is 7.98. The maximum Gasteiger partial charge on any atom is 0.408 e. The Labute approximate surface area is 193 Å². The molecule has 1 fully saturated rings. The van der Waals surface area contributed by atoms with Crippen molar-refractivity contribution in [3.8, 4) is 0 Å². The molecule has 1 aromatic rings. The molecule has 0 unspecified atom stereocenters. The summed E-state index contributed by atoms with van der Waals surface area (Å²) in [5.74, 6) is 0.300. The molecule has 1 aliphatic carbocycles. The summed E-state index contributed by atoms with van der Waals surface area (Å²) in [7, 11) is 1.63. The highest BCUT2D eigenvalue weighted by Crippen LogP contribution is 2.26. The number of rotatable bonds is 11. The summed E-state index contributed by atoms with van der Waals surface area (Å²) in [6.45, 7) is 0.343. The van der Waals surface area contributed by atoms with E-state index in [0.717, 1.165) is 12.0 Å². The summed E-state index contributed by atoms with van der Waals surface area (Å²) in [5.41, 5.74) is 0.858. The zero-order chi connectivity index (χ0) is 23.3. The maximum atomic E-state index is 13.0. The number of hydrogen-bond acceptors (Lipinski definition) is 6. The monoisotopic (exact) mass is 467 g/mol. The van der Waals surface area contributed by atoms with Gasteiger partial charge in [0.05, 0.1) is 6.10 Å². The SMILES string of the molecule is CO[C@@H]1CC[C@H](NC(=O)[C@H](CCSC)NC(=O)OCc2ccccc2)[C@H](CNC(=O)O)C1. The third kappa shape index (κ3) is 8.96. The van der Waals surface area contributed by atoms with E-state index in [1.807, 2.05) is 36.6 Å². The minimum absolute atomic E-state index is 0.0297. The summed E-state index contributed by atoms with van der Waals surface area (Å²) in [6, 6.07) is 8.36. The van der Waals surface area contributed by atoms with Gasteiger partial charge in [-0.2, -0.15) is 11.8 Å². The zero-order valence-electron chi connectivity index (χ0n) is 18.5. The topological polar surface area (TPSA) is 126 Å². The Morgan fingerprint density at radius 3 is 2.62 bits per heavy atom. The molecule has 0 radical (unpaired) electrons. The summed E-state index contributed by atoms with van der Waals surface area (Å²) in [4.78, 5) is 36.2. The average molecular weight is 468 g/mol. The number of ether oxygens (including phenoxy) is 2. The average Bonchev–Trinajstić information content (AvgIpc) is 2.80. The molecule has 4 atom stereocenters. The second-order valence-corrected chi connectivity index (χ2v) is 8.76. The predicted molar refractivity (Wildman–Crippen MR) is 123 cm³/mol. The van der Waals surface area contributed by atoms with E-state index in [9.17, 15) is 14.4 Å². The highest BCUT2D eigenvalue weighted by Gasteiger charge is 2.33. The fraction of sp³-hybridized carbons (Fsp3) is 0.591. The van der Waals surface area contributed by atoms with Crippen molar-refractivity contribution >= 4 is 29.9 Å². The molecule has 1 saturated carbocycles. The van der Waals surface area contributed by atoms with E-state index in [0.29, 0.717) is 25.0 Å². The van der Waals surface area contributed by atoms with Gasteiger partial charge in [0.15, 0.2) is 0 Å². The van der Waals surface area contributed by atoms with E-state index in [2.05, 4.69) is 16.0 Å². The van der Waals surface area contributed by atoms with Gasteiger partial charge in [0, 0.05) is 19.7 Å². The number of alkyl carbamates (subject to hydrolysis) is 1. The Morgan fingerprint density at radius 1 is 1.22 bits per heavy atom. The van der Waals surface area contributed by atoms with E-state index in [1.165, 1.54) is 0 Å². The Morgan fingerprint density at radius 2 is 1.97 bits per heavy atom. The van der Waals surface area contributed by atoms with Crippen LogP contribution in [0.25, 0.3) is 0 Å². The van der Waals surface area contributed by atoms with Gasteiger partial charge in [-0.15, -0.1) is 0 Å². The molecular formula is C22H33N3O6S. The Kier molecular flexibility index (Phi) is 11.2. The molecule has 3 amide bonds. The molecule has 0 spiro atoms. The van der Waals surface area contributed by atoms with E-state index in [-0.39, 0.29) is 37.1 Å². The first-order valence-corrected chi connectivity index (χ1v) is 12.1. The van der Waals surface area contributed by atoms with Gasteiger partial charge in [0.1, 0.15) is 12.6 Å². The second kappa shape index (κ2) is 13.8. The minimum atomic E-state index is -1.10. The Hall–Kier alpha value is -2.46. The van der Waals surface area contributed by atoms with E-state index >= 15 is 0 Å². The summed E-state index contributed by atoms with van der Waals surface area (Å²) < 4.78 is 10.7. The first-order chi connectivity index (χ1) is 15.4. The van der Waals surface area contributed by atoms with Crippen LogP contribution in [-0.4, -0.2) is 67.1 Å². The standard InChI is InChI=1S/C22H33N3O6S/c1-30-17-8-9-18(16(12-17)13-23-21(27)28)24-20(26)19(10-11-32-2)25-22(29)31-14-15-6-4-3-5-7-15/h3-7,16-19,23H,8-14H2,1-2H3,(H,24,26)(H,25,29)(H,27,28)/t16-,17+,18-,19-/m0/s1. The van der Waals surface area contributed by atoms with Crippen molar-refractivity contribution < 1.29 is 29.0 Å². The first-order valence-electron chi connectivity index (χ1n) is 10.7. The number of benzene rings is 1. The maximum absolute atomic E-state index is 13.0. The molecule has 0 aromatic heterocycles. The first kappa shape index (κ1) is 25.8. The van der Waals surface area contributed by atoms with Gasteiger partial charge in [0.2, 0.25) is 5.91 Å². The summed E-state index contributed by atoms with van der Waals surface area (Å²) in [5, 5.41) is 17.1. The van der Waals surface area contributed by atoms with Gasteiger partial charge in [-0.1, -0.05) is 30.3 Å². The van der Waals surface area contributed by atoms with Crippen molar-refractivity contribution in [1.29, 1.82) is 0 Å². The summed E-state index contributed by atoms with van der Waals surface area (Å²) >= 11 is 1.58. The Bertz CT molecular complexity index is 736. The number of hydrogen-bond donors (Lipinski definition) is 4. The van der Waals surface area contributed by atoms with E-state index in [1.54, 1.807) is 18.9 Å². The third-order valence-electron chi connectivity index (χ3n) is 5.54. The predicted octanol–water partition coefficient (Wildman–Crippen LogP) is 2.60. The molecule has 4 N–H and O–H groups in total. The van der Waals surface area contributed by atoms with Crippen LogP contribution in [0.1, 0.15) is 31.2 Å². The van der Waals surface area contributed by atoms with E-state index < -0.39 is 18.2 Å². The minimum Gasteiger partial charge on any atom is -0.465 e. The third-order valence-corrected chi connectivity index (χ3v) is 6.19. The molecule has 0 bridgehead atoms. The molecule has 10 heteroatoms. The van der Waals surface area contributed by atoms with Crippen LogP contribution >= 0.6 is 11.8 Å². The number of methoxy groups -OCH3 is 1. The lowest BCUT2D eigenvalue weighted by Crippen LogP contribution is -2.54. The van der Waals surface area contributed by atoms with Crippen LogP contribution in [0.5, 0.6) is 0 Å². The molecule has 1 aliphatic rings. The second-order valence-electron chi connectivity index (χ2n) is 7.77. The molecule has 0 heterocycles. The molecule has 178 valence electrons. The molecule has 32 heavy (non-hydrogen) atoms. The quantitative estimate of drug-likeness (QED) is 0.394. The smallest absolute Gasteiger partial charge is 0.408 e. The fourth-order valence-corrected chi connectivity index (χ4v) is 4.24. The van der Waals surface area contributed by atoms with Crippen molar-refractivity contribution in [2.45, 2.75) is 50.5 Å². The van der Waals surface area contributed by atoms with E-state index in [4.69, 9.17) is 14.6 Å². The van der Waals surface area contributed by atoms with Crippen molar-refractivity contribution in [3.63, 3.8) is 0 Å². The van der Waals surface area contributed by atoms with Gasteiger partial charge in [-0.05, 0) is 49.2 Å². The lowest BCUT2D eigenvalue weighted by molar-refractivity contribution is -0.124. The Balaban J connectivity index is 1.95. The molecule has 1 aromatic carbocycles. The molecular weight excluding hydrogens is 434 g/mol. The van der Waals surface area contributed by atoms with Crippen molar-refractivity contribution in [2.24, 2.45) is 5.92 Å². The number of carbonyl (C=O) groups excluding carboxylic acids is 2. The van der Waals surface area contributed by atoms with Gasteiger partial charge in [-0.3, -0.25) is 4.79 Å². The van der Waals surface area contributed by atoms with Crippen molar-refractivity contribution in [1.82, 2.24) is 16.0 Å². The fourth-order valence-electron chi connectivity index (χ4n) is 3.76. The van der Waals surface area contributed by atoms with Gasteiger partial charge >= 0.3 is 12.2 Å². The van der Waals surface area contributed by atoms with Crippen LogP contribution in [0.2, 0.25) is 0 Å². The van der Waals surface area contributed by atoms with Crippen molar-refractivity contribution in [2.75, 3.05) is 25.7 Å². The molecule has 2 rings (SSSR count). The summed E-state index contributed by atoms with van der Waals surface area (Å²) in [6.07, 6.45) is 2.75. The normalized spacial score (nSPS) is 21.2. The lowest BCUT2D eigenvalue weighted by Gasteiger charge is -2.36. The van der Waals surface area contributed by atoms with Gasteiger partial charge in [0.25, 0.3) is 0 Å². The largest absolute Gasteiger partial charge is 0.465 e. The number of nitrogens with one attached hydrogen (secondary N) is 3. The molecule has 0 saturated heterocycles. The number of carbonyl (C=O) groups is 3. The molecule has 0 aliphatic heterocycles. The highest BCUT2D eigenvalue weighted by atomic mass is 32.2. The molecule has 9 nitrogen and oxygen atoms in total. The zero-order valence-corrected chi connectivity index (χ0v) is 19.4. The van der Waals surface area contributed by atoms with Crippen LogP contribution < -0.4 is 16.0 Å². The number of amides is 3. The van der Waals surface area contributed by atoms with Gasteiger partial charge in [-0.25, -0.2) is 9.59 Å². The van der Waals surface area contributed by atoms with Crippen molar-refractivity contribution in [3.05, 3.63) is 35.9 Å². The van der Waals surface area contributed by atoms with Crippen LogP contribution in [0.15, 0.2) is 30.3 Å². The number of carboxylic acid groups (broad SMARTS) is 1. The van der Waals surface area contributed by atoms with Crippen LogP contribution in [-0.2, 0) is 20.9 Å².